The van der Waals surface area contributed by atoms with Gasteiger partial charge in [-0.2, -0.15) is 0 Å². The fourth-order valence-electron chi connectivity index (χ4n) is 1.29. The molecule has 0 aliphatic rings. The van der Waals surface area contributed by atoms with Crippen molar-refractivity contribution in [3.63, 3.8) is 0 Å². The van der Waals surface area contributed by atoms with Crippen molar-refractivity contribution in [3.05, 3.63) is 6.92 Å². The average Bonchev–Trinajstić information content (AvgIpc) is 2.12. The zero-order chi connectivity index (χ0) is 9.45. The molecule has 0 aromatic rings. The lowest BCUT2D eigenvalue weighted by Gasteiger charge is -2.13. The molecule has 0 aliphatic carbocycles. The summed E-state index contributed by atoms with van der Waals surface area (Å²) in [7, 11) is -1.74. The Morgan fingerprint density at radius 1 is 1.08 bits per heavy atom. The molecule has 0 atom stereocenters. The Bertz CT molecular complexity index is 135. The largest absolute Gasteiger partial charge is 0.324 e. The van der Waals surface area contributed by atoms with Gasteiger partial charge < -0.3 is 4.57 Å². The zero-order valence-corrected chi connectivity index (χ0v) is 9.41. The highest BCUT2D eigenvalue weighted by molar-refractivity contribution is 7.63. The van der Waals surface area contributed by atoms with Gasteiger partial charge in [0.05, 0.1) is 7.14 Å². The lowest BCUT2D eigenvalue weighted by atomic mass is 10.2. The molecule has 0 amide bonds. The second-order valence-electron chi connectivity index (χ2n) is 3.33. The maximum Gasteiger partial charge on any atom is 0.0872 e. The Kier molecular flexibility index (Phi) is 6.84. The standard InChI is InChI=1S/C10H22OP/c1-4-7-8-9-10-12(11,5-2)6-3/h1,4-10H2,2-3H3. The molecule has 2 heteroatoms. The molecule has 0 aliphatic heterocycles. The average molecular weight is 189 g/mol. The lowest BCUT2D eigenvalue weighted by molar-refractivity contribution is 0.572. The van der Waals surface area contributed by atoms with E-state index in [-0.39, 0.29) is 0 Å². The molecular formula is C10H22OP. The second kappa shape index (κ2) is 6.71. The summed E-state index contributed by atoms with van der Waals surface area (Å²) in [6.07, 6.45) is 7.26. The van der Waals surface area contributed by atoms with Gasteiger partial charge in [-0.15, -0.1) is 0 Å². The molecule has 73 valence electrons. The van der Waals surface area contributed by atoms with E-state index in [1.807, 2.05) is 13.8 Å². The molecule has 0 fully saturated rings. The summed E-state index contributed by atoms with van der Waals surface area (Å²) in [5.41, 5.74) is 0. The van der Waals surface area contributed by atoms with Gasteiger partial charge >= 0.3 is 0 Å². The summed E-state index contributed by atoms with van der Waals surface area (Å²) < 4.78 is 11.9. The molecular weight excluding hydrogens is 167 g/mol. The van der Waals surface area contributed by atoms with Crippen LogP contribution in [-0.2, 0) is 4.57 Å². The van der Waals surface area contributed by atoms with Gasteiger partial charge in [0, 0.05) is 6.16 Å². The summed E-state index contributed by atoms with van der Waals surface area (Å²) in [6, 6.07) is 0. The molecule has 0 aromatic carbocycles. The molecule has 0 unspecified atom stereocenters. The first-order valence-corrected chi connectivity index (χ1v) is 7.31. The van der Waals surface area contributed by atoms with Crippen molar-refractivity contribution in [2.45, 2.75) is 39.5 Å². The number of rotatable bonds is 7. The molecule has 0 saturated carbocycles. The Morgan fingerprint density at radius 3 is 2.08 bits per heavy atom. The van der Waals surface area contributed by atoms with Crippen LogP contribution in [-0.4, -0.2) is 18.5 Å². The van der Waals surface area contributed by atoms with Gasteiger partial charge in [0.1, 0.15) is 0 Å². The number of hydrogen-bond donors (Lipinski definition) is 0. The number of hydrogen-bond acceptors (Lipinski definition) is 1. The normalized spacial score (nSPS) is 11.9. The van der Waals surface area contributed by atoms with Crippen LogP contribution < -0.4 is 0 Å². The lowest BCUT2D eigenvalue weighted by Crippen LogP contribution is -1.95. The van der Waals surface area contributed by atoms with Crippen molar-refractivity contribution in [1.82, 2.24) is 0 Å². The molecule has 0 N–H and O–H groups in total. The fourth-order valence-corrected chi connectivity index (χ4v) is 3.17. The van der Waals surface area contributed by atoms with Crippen LogP contribution in [0.3, 0.4) is 0 Å². The van der Waals surface area contributed by atoms with Crippen molar-refractivity contribution in [1.29, 1.82) is 0 Å². The molecule has 0 rings (SSSR count). The van der Waals surface area contributed by atoms with Gasteiger partial charge in [-0.1, -0.05) is 40.0 Å². The van der Waals surface area contributed by atoms with Crippen LogP contribution in [0.1, 0.15) is 39.5 Å². The first-order chi connectivity index (χ1) is 5.68. The van der Waals surface area contributed by atoms with E-state index in [4.69, 9.17) is 0 Å². The molecule has 12 heavy (non-hydrogen) atoms. The monoisotopic (exact) mass is 189 g/mol. The first-order valence-electron chi connectivity index (χ1n) is 5.05. The third-order valence-corrected chi connectivity index (χ3v) is 5.90. The highest BCUT2D eigenvalue weighted by atomic mass is 31.2. The van der Waals surface area contributed by atoms with E-state index in [1.54, 1.807) is 0 Å². The van der Waals surface area contributed by atoms with Crippen molar-refractivity contribution < 1.29 is 4.57 Å². The predicted octanol–water partition coefficient (Wildman–Crippen LogP) is 3.78. The zero-order valence-electron chi connectivity index (χ0n) is 8.51. The van der Waals surface area contributed by atoms with Crippen molar-refractivity contribution in [2.75, 3.05) is 18.5 Å². The predicted molar refractivity (Wildman–Crippen MR) is 57.4 cm³/mol. The third kappa shape index (κ3) is 4.98. The van der Waals surface area contributed by atoms with Crippen LogP contribution in [0.2, 0.25) is 0 Å². The molecule has 0 bridgehead atoms. The minimum atomic E-state index is -1.74. The summed E-state index contributed by atoms with van der Waals surface area (Å²) in [5.74, 6) is 0. The van der Waals surface area contributed by atoms with Crippen molar-refractivity contribution in [3.8, 4) is 0 Å². The van der Waals surface area contributed by atoms with Crippen molar-refractivity contribution in [2.24, 2.45) is 0 Å². The molecule has 0 saturated heterocycles. The van der Waals surface area contributed by atoms with E-state index < -0.39 is 7.14 Å². The number of unbranched alkanes of at least 4 members (excludes halogenated alkanes) is 3. The van der Waals surface area contributed by atoms with E-state index in [0.29, 0.717) is 0 Å². The fraction of sp³-hybridized carbons (Fsp3) is 0.900. The highest BCUT2D eigenvalue weighted by Crippen LogP contribution is 2.45. The third-order valence-electron chi connectivity index (χ3n) is 2.47. The quantitative estimate of drug-likeness (QED) is 0.440. The van der Waals surface area contributed by atoms with Crippen molar-refractivity contribution >= 4 is 7.14 Å². The van der Waals surface area contributed by atoms with Crippen LogP contribution >= 0.6 is 7.14 Å². The van der Waals surface area contributed by atoms with Gasteiger partial charge in [0.25, 0.3) is 0 Å². The van der Waals surface area contributed by atoms with E-state index in [9.17, 15) is 4.57 Å². The van der Waals surface area contributed by atoms with E-state index >= 15 is 0 Å². The van der Waals surface area contributed by atoms with Gasteiger partial charge in [-0.05, 0) is 18.7 Å². The van der Waals surface area contributed by atoms with Gasteiger partial charge in [0.2, 0.25) is 0 Å². The van der Waals surface area contributed by atoms with Gasteiger partial charge in [-0.3, -0.25) is 0 Å². The second-order valence-corrected chi connectivity index (χ2v) is 7.16. The summed E-state index contributed by atoms with van der Waals surface area (Å²) in [6.45, 7) is 7.89. The van der Waals surface area contributed by atoms with Gasteiger partial charge in [-0.25, -0.2) is 0 Å². The van der Waals surface area contributed by atoms with Crippen LogP contribution in [0, 0.1) is 6.92 Å². The Labute approximate surface area is 77.3 Å². The summed E-state index contributed by atoms with van der Waals surface area (Å²) in [4.78, 5) is 0. The first kappa shape index (κ1) is 12.2. The topological polar surface area (TPSA) is 17.1 Å². The molecule has 0 heterocycles. The van der Waals surface area contributed by atoms with E-state index in [2.05, 4.69) is 6.92 Å². The summed E-state index contributed by atoms with van der Waals surface area (Å²) >= 11 is 0. The van der Waals surface area contributed by atoms with Crippen LogP contribution in [0.4, 0.5) is 0 Å². The SMILES string of the molecule is [CH2]CCCCCP(=O)(CC)CC. The molecule has 1 nitrogen and oxygen atoms in total. The minimum absolute atomic E-state index is 0.883. The molecule has 0 spiro atoms. The molecule has 0 aromatic heterocycles. The maximum atomic E-state index is 11.9. The van der Waals surface area contributed by atoms with Crippen LogP contribution in [0.5, 0.6) is 0 Å². The Hall–Kier alpha value is 0.230. The Morgan fingerprint density at radius 2 is 1.67 bits per heavy atom. The molecule has 1 radical (unpaired) electrons. The smallest absolute Gasteiger partial charge is 0.0872 e. The van der Waals surface area contributed by atoms with Crippen LogP contribution in [0.15, 0.2) is 0 Å². The maximum absolute atomic E-state index is 11.9. The van der Waals surface area contributed by atoms with Gasteiger partial charge in [0.15, 0.2) is 0 Å². The van der Waals surface area contributed by atoms with E-state index in [1.165, 1.54) is 12.8 Å². The highest BCUT2D eigenvalue weighted by Gasteiger charge is 2.15. The van der Waals surface area contributed by atoms with E-state index in [0.717, 1.165) is 31.3 Å². The van der Waals surface area contributed by atoms with Crippen LogP contribution in [0.25, 0.3) is 0 Å². The Balaban J connectivity index is 3.52. The minimum Gasteiger partial charge on any atom is -0.324 e. The summed E-state index contributed by atoms with van der Waals surface area (Å²) in [5, 5.41) is 0.